The number of phenolic OH excluding ortho intramolecular Hbond substituents is 2. The zero-order chi connectivity index (χ0) is 100. The van der Waals surface area contributed by atoms with Gasteiger partial charge in [-0.3, -0.25) is 81.5 Å². The third kappa shape index (κ3) is 31.4. The number of piperidine rings is 1. The van der Waals surface area contributed by atoms with Crippen molar-refractivity contribution in [2.45, 2.75) is 215 Å². The number of para-hydroxylation sites is 1. The number of amides is 16. The number of nitrogens with one attached hydrogen (secondary N) is 10. The number of aromatic hydroxyl groups is 2. The topological polar surface area (TPSA) is 569 Å². The molecule has 1 aromatic heterocycles. The number of H-pyrrole nitrogens is 1. The first-order valence-corrected chi connectivity index (χ1v) is 47.4. The maximum Gasteiger partial charge on any atom is 0.303 e. The predicted molar refractivity (Wildman–Crippen MR) is 515 cm³/mol. The summed E-state index contributed by atoms with van der Waals surface area (Å²) in [6.07, 6.45) is -0.365. The Morgan fingerprint density at radius 3 is 1.51 bits per heavy atom. The second-order valence-electron chi connectivity index (χ2n) is 35.2. The number of carbonyl (C=O) groups is 17. The molecule has 740 valence electrons. The number of fused-ring (bicyclic) bond motifs is 2. The van der Waals surface area contributed by atoms with Gasteiger partial charge in [0.15, 0.2) is 0 Å². The summed E-state index contributed by atoms with van der Waals surface area (Å²) in [5, 5.41) is 56.2. The molecule has 13 atom stereocenters. The van der Waals surface area contributed by atoms with Crippen LogP contribution >= 0.6 is 11.8 Å². The summed E-state index contributed by atoms with van der Waals surface area (Å²) in [5.41, 5.74) is 20.9. The zero-order valence-corrected chi connectivity index (χ0v) is 79.5. The molecule has 3 heterocycles. The van der Waals surface area contributed by atoms with Crippen molar-refractivity contribution in [3.05, 3.63) is 203 Å². The molecular weight excluding hydrogens is 1790 g/mol. The molecule has 0 saturated carbocycles. The predicted octanol–water partition coefficient (Wildman–Crippen LogP) is 1.97. The van der Waals surface area contributed by atoms with Gasteiger partial charge in [0.1, 0.15) is 90.0 Å². The van der Waals surface area contributed by atoms with Crippen LogP contribution in [-0.4, -0.2) is 283 Å². The maximum atomic E-state index is 16.0. The largest absolute Gasteiger partial charge is 0.508 e. The van der Waals surface area contributed by atoms with Gasteiger partial charge in [0.05, 0.1) is 18.7 Å². The minimum Gasteiger partial charge on any atom is -0.508 e. The van der Waals surface area contributed by atoms with Gasteiger partial charge in [0, 0.05) is 103 Å². The van der Waals surface area contributed by atoms with Gasteiger partial charge in [-0.2, -0.15) is 0 Å². The molecule has 9 rings (SSSR count). The third-order valence-electron chi connectivity index (χ3n) is 24.6. The first-order valence-electron chi connectivity index (χ1n) is 46.3. The van der Waals surface area contributed by atoms with E-state index >= 15 is 57.5 Å². The second-order valence-corrected chi connectivity index (χ2v) is 36.3. The van der Waals surface area contributed by atoms with Crippen molar-refractivity contribution in [2.75, 3.05) is 59.3 Å². The summed E-state index contributed by atoms with van der Waals surface area (Å²) < 4.78 is 0. The summed E-state index contributed by atoms with van der Waals surface area (Å²) in [4.78, 5) is 262. The van der Waals surface area contributed by atoms with Crippen molar-refractivity contribution in [1.82, 2.24) is 77.3 Å². The van der Waals surface area contributed by atoms with E-state index in [2.05, 4.69) is 52.8 Å². The number of phenols is 2. The van der Waals surface area contributed by atoms with Gasteiger partial charge in [-0.15, -0.1) is 11.8 Å². The number of aliphatic carboxylic acids is 1. The number of benzene rings is 6. The second kappa shape index (κ2) is 52.7. The van der Waals surface area contributed by atoms with Gasteiger partial charge in [0.2, 0.25) is 94.5 Å². The van der Waals surface area contributed by atoms with Crippen molar-refractivity contribution >= 4 is 123 Å². The van der Waals surface area contributed by atoms with Crippen LogP contribution in [0.4, 0.5) is 0 Å². The number of carboxylic acid groups (broad SMARTS) is 1. The highest BCUT2D eigenvalue weighted by molar-refractivity contribution is 8.00. The van der Waals surface area contributed by atoms with E-state index in [1.165, 1.54) is 81.6 Å². The minimum absolute atomic E-state index is 0.00901. The SMILES string of the molecule is CCCC[C@H]1C(=O)N(C)[C@H](CCC(=O)O)C(=O)N[C@@H](CC(N)=O)C(=O)N[C@@H](C(C)C)C(=O)N(C)[C@@H](Cc2ccccc2)C(=O)N[C@@H](Cc2ccc(O)cc2)C(=O)N2CCCC[C@@H]2C(=O)N[C@@H](Cc2c[nH]c3ccccc23)C(=O)N[C@@H](Cc2ccc(O)cc2)C(=O)N[C@@H](CCCCN)C(=O)N[C@H](C(=O)NCC(N)=O)CSCC(=O)N[C@@H](Cc2ccccc2)C(=O)N(C)[C@@H](Cc2ccccc2)C(=O)N1C. The van der Waals surface area contributed by atoms with E-state index in [0.29, 0.717) is 70.0 Å². The Labute approximate surface area is 805 Å². The molecule has 0 unspecified atom stereocenters. The van der Waals surface area contributed by atoms with Crippen LogP contribution in [0.1, 0.15) is 131 Å². The van der Waals surface area contributed by atoms with Gasteiger partial charge in [0.25, 0.3) is 0 Å². The van der Waals surface area contributed by atoms with E-state index in [0.717, 1.165) is 31.4 Å². The quantitative estimate of drug-likeness (QED) is 0.0312. The molecule has 2 aliphatic heterocycles. The normalized spacial score (nSPS) is 22.7. The number of thioether (sulfide) groups is 1. The van der Waals surface area contributed by atoms with Crippen LogP contribution in [0.3, 0.4) is 0 Å². The van der Waals surface area contributed by atoms with Crippen LogP contribution < -0.4 is 65.1 Å². The van der Waals surface area contributed by atoms with E-state index < -0.39 is 222 Å². The minimum atomic E-state index is -1.95. The van der Waals surface area contributed by atoms with E-state index in [-0.39, 0.29) is 95.2 Å². The Morgan fingerprint density at radius 1 is 0.457 bits per heavy atom. The number of primary amides is 2. The Hall–Kier alpha value is -14.2. The van der Waals surface area contributed by atoms with Gasteiger partial charge in [-0.05, 0) is 128 Å². The molecule has 0 bridgehead atoms. The van der Waals surface area contributed by atoms with Crippen LogP contribution in [0.25, 0.3) is 10.9 Å². The van der Waals surface area contributed by atoms with Gasteiger partial charge in [-0.25, -0.2) is 0 Å². The number of unbranched alkanes of at least 4 members (excludes halogenated alkanes) is 2. The van der Waals surface area contributed by atoms with E-state index in [1.54, 1.807) is 135 Å². The monoisotopic (exact) mass is 1920 g/mol. The molecular formula is C99H128N18O20S. The van der Waals surface area contributed by atoms with E-state index in [9.17, 15) is 39.3 Å². The van der Waals surface area contributed by atoms with Gasteiger partial charge < -0.3 is 110 Å². The van der Waals surface area contributed by atoms with Crippen LogP contribution in [-0.2, 0) is 120 Å². The number of hydrogen-bond acceptors (Lipinski definition) is 21. The summed E-state index contributed by atoms with van der Waals surface area (Å²) in [6.45, 7) is 4.28. The highest BCUT2D eigenvalue weighted by Crippen LogP contribution is 2.28. The number of aromatic nitrogens is 1. The summed E-state index contributed by atoms with van der Waals surface area (Å²) in [5.74, 6) is -18.6. The lowest BCUT2D eigenvalue weighted by atomic mass is 9.96. The number of hydrogen-bond donors (Lipinski definition) is 16. The summed E-state index contributed by atoms with van der Waals surface area (Å²) >= 11 is 0.806. The van der Waals surface area contributed by atoms with Crippen molar-refractivity contribution in [1.29, 1.82) is 0 Å². The average Bonchev–Trinajstić information content (AvgIpc) is 1.55. The fourth-order valence-electron chi connectivity index (χ4n) is 16.8. The smallest absolute Gasteiger partial charge is 0.303 e. The molecule has 2 fully saturated rings. The highest BCUT2D eigenvalue weighted by Gasteiger charge is 2.45. The lowest BCUT2D eigenvalue weighted by molar-refractivity contribution is -0.153. The fraction of sp³-hybridized carbons (Fsp3) is 0.444. The summed E-state index contributed by atoms with van der Waals surface area (Å²) in [6, 6.07) is 23.5. The Kier molecular flexibility index (Phi) is 41.1. The molecule has 0 spiro atoms. The van der Waals surface area contributed by atoms with Crippen molar-refractivity contribution in [3.8, 4) is 11.5 Å². The fourth-order valence-corrected chi connectivity index (χ4v) is 17.7. The molecule has 6 aromatic carbocycles. The first-order chi connectivity index (χ1) is 65.9. The van der Waals surface area contributed by atoms with Crippen LogP contribution in [0.15, 0.2) is 170 Å². The molecule has 19 N–H and O–H groups in total. The number of rotatable bonds is 28. The molecule has 138 heavy (non-hydrogen) atoms. The summed E-state index contributed by atoms with van der Waals surface area (Å²) in [7, 11) is 5.13. The maximum absolute atomic E-state index is 16.0. The van der Waals surface area contributed by atoms with Gasteiger partial charge >= 0.3 is 5.97 Å². The molecule has 7 aromatic rings. The molecule has 38 nitrogen and oxygen atoms in total. The van der Waals surface area contributed by atoms with Crippen molar-refractivity contribution < 1.29 is 96.8 Å². The average molecular weight is 1920 g/mol. The van der Waals surface area contributed by atoms with Crippen LogP contribution in [0.2, 0.25) is 0 Å². The van der Waals surface area contributed by atoms with E-state index in [4.69, 9.17) is 17.2 Å². The lowest BCUT2D eigenvalue weighted by Crippen LogP contribution is -2.63. The van der Waals surface area contributed by atoms with Gasteiger partial charge in [-0.1, -0.05) is 167 Å². The lowest BCUT2D eigenvalue weighted by Gasteiger charge is -2.38. The number of aromatic amines is 1. The van der Waals surface area contributed by atoms with Crippen LogP contribution in [0.5, 0.6) is 11.5 Å². The molecule has 0 aliphatic carbocycles. The molecule has 2 aliphatic rings. The number of carboxylic acids is 1. The number of likely N-dealkylation sites (N-methyl/N-ethyl adjacent to an activating group) is 4. The Morgan fingerprint density at radius 2 is 0.935 bits per heavy atom. The first kappa shape index (κ1) is 107. The Balaban J connectivity index is 1.16. The standard InChI is InChI=1S/C99H128N18O20S/c1-8-9-34-79-97(135)113(4)77(44-45-85(123)124)92(130)109-73(54-82(101)120)91(129)112-86(59(2)3)99(137)115(6)80(51-61-27-15-11-16-28-61)94(132)110-75(50-64-38-42-67(119)43-39-64)96(134)117-47-24-22-35-78(117)93(131)108-72(53-65-55-103-69-32-20-19-31-68(65)69)90(128)107-71(48-63-36-40-66(118)41-37-63)89(127)106-70(33-21-23-46-100)88(126)111-76(87(125)104-56-83(102)121)57-138-58-84(122)105-74(49-60-25-13-10-14-26-60)95(133)116(7)81(98(136)114(79)5)52-62-29-17-12-18-30-62/h10-20,25-32,36-43,55,59,70-81,86,103,118-119H,8-9,21-24,33-35,44-54,56-58,100H2,1-7H3,(H2,101,120)(H2,102,121)(H,104,125)(H,105,122)(H,106,127)(H,107,128)(H,108,131)(H,109,130)(H,110,132)(H,111,126)(H,112,129)(H,123,124)/t70-,71-,72-,73-,74-,75-,76-,77+,78+,79-,80-,81-,86-/m0/s1. The molecule has 2 saturated heterocycles. The zero-order valence-electron chi connectivity index (χ0n) is 78.7. The van der Waals surface area contributed by atoms with Crippen LogP contribution in [0, 0.1) is 5.92 Å². The molecule has 16 amide bonds. The third-order valence-corrected chi connectivity index (χ3v) is 25.7. The van der Waals surface area contributed by atoms with Crippen molar-refractivity contribution in [3.63, 3.8) is 0 Å². The Bertz CT molecular complexity index is 5390. The number of carbonyl (C=O) groups excluding carboxylic acids is 16. The van der Waals surface area contributed by atoms with E-state index in [1.807, 2.05) is 6.92 Å². The molecule has 0 radical (unpaired) electrons. The number of nitrogens with zero attached hydrogens (tertiary/aromatic N) is 5. The molecule has 39 heteroatoms. The highest BCUT2D eigenvalue weighted by atomic mass is 32.2. The van der Waals surface area contributed by atoms with Crippen molar-refractivity contribution in [2.24, 2.45) is 23.1 Å². The number of nitrogens with two attached hydrogens (primary N) is 3.